The average molecular weight is 277 g/mol. The molecule has 0 aliphatic rings. The second-order valence-electron chi connectivity index (χ2n) is 5.76. The van der Waals surface area contributed by atoms with Gasteiger partial charge >= 0.3 is 5.97 Å². The zero-order valence-electron chi connectivity index (χ0n) is 12.8. The predicted molar refractivity (Wildman–Crippen MR) is 78.6 cm³/mol. The lowest BCUT2D eigenvalue weighted by Gasteiger charge is -2.38. The van der Waals surface area contributed by atoms with Crippen molar-refractivity contribution >= 4 is 12.4 Å². The van der Waals surface area contributed by atoms with Crippen LogP contribution in [0.25, 0.3) is 0 Å². The molecule has 0 saturated carbocycles. The first kappa shape index (κ1) is 16.2. The van der Waals surface area contributed by atoms with Crippen LogP contribution in [0.2, 0.25) is 0 Å². The number of hydrogen-bond acceptors (Lipinski definition) is 2. The van der Waals surface area contributed by atoms with Gasteiger partial charge in [-0.15, -0.1) is 0 Å². The Morgan fingerprint density at radius 2 is 1.70 bits per heavy atom. The number of nitrogens with zero attached hydrogens (tertiary/aromatic N) is 1. The summed E-state index contributed by atoms with van der Waals surface area (Å²) in [6, 6.07) is 7.23. The molecule has 20 heavy (non-hydrogen) atoms. The van der Waals surface area contributed by atoms with E-state index in [1.165, 1.54) is 4.90 Å². The molecule has 0 aromatic heterocycles. The van der Waals surface area contributed by atoms with Crippen molar-refractivity contribution in [1.29, 1.82) is 0 Å². The van der Waals surface area contributed by atoms with Crippen molar-refractivity contribution < 1.29 is 14.7 Å². The largest absolute Gasteiger partial charge is 0.479 e. The number of hydrogen-bond donors (Lipinski definition) is 1. The Hall–Kier alpha value is -1.84. The molecule has 1 rings (SSSR count). The summed E-state index contributed by atoms with van der Waals surface area (Å²) >= 11 is 0. The number of benzene rings is 1. The lowest BCUT2D eigenvalue weighted by atomic mass is 9.87. The van der Waals surface area contributed by atoms with Gasteiger partial charge in [-0.25, -0.2) is 4.79 Å². The minimum absolute atomic E-state index is 0.196. The molecule has 0 spiro atoms. The Morgan fingerprint density at radius 3 is 2.00 bits per heavy atom. The fourth-order valence-electron chi connectivity index (χ4n) is 2.32. The Morgan fingerprint density at radius 1 is 1.20 bits per heavy atom. The molecule has 4 nitrogen and oxygen atoms in total. The normalized spacial score (nSPS) is 14.2. The molecule has 0 radical (unpaired) electrons. The lowest BCUT2D eigenvalue weighted by Crippen LogP contribution is -2.52. The highest BCUT2D eigenvalue weighted by atomic mass is 16.4. The van der Waals surface area contributed by atoms with Gasteiger partial charge in [-0.3, -0.25) is 4.79 Å². The van der Waals surface area contributed by atoms with Crippen LogP contribution >= 0.6 is 0 Å². The summed E-state index contributed by atoms with van der Waals surface area (Å²) < 4.78 is 0. The van der Waals surface area contributed by atoms with Crippen molar-refractivity contribution in [2.45, 2.75) is 52.1 Å². The zero-order chi connectivity index (χ0) is 15.5. The molecule has 0 saturated heterocycles. The Balaban J connectivity index is 3.32. The van der Waals surface area contributed by atoms with E-state index in [1.54, 1.807) is 32.9 Å². The number of carbonyl (C=O) groups is 2. The Bertz CT molecular complexity index is 479. The molecule has 0 aliphatic heterocycles. The summed E-state index contributed by atoms with van der Waals surface area (Å²) in [4.78, 5) is 24.4. The van der Waals surface area contributed by atoms with Gasteiger partial charge in [0.15, 0.2) is 5.54 Å². The Labute approximate surface area is 120 Å². The third-order valence-electron chi connectivity index (χ3n) is 3.74. The van der Waals surface area contributed by atoms with E-state index in [2.05, 4.69) is 13.8 Å². The van der Waals surface area contributed by atoms with Gasteiger partial charge in [0, 0.05) is 6.04 Å². The van der Waals surface area contributed by atoms with E-state index in [0.29, 0.717) is 17.9 Å². The van der Waals surface area contributed by atoms with Gasteiger partial charge in [0.2, 0.25) is 6.41 Å². The highest BCUT2D eigenvalue weighted by Crippen LogP contribution is 2.30. The van der Waals surface area contributed by atoms with Crippen molar-refractivity contribution in [2.75, 3.05) is 0 Å². The van der Waals surface area contributed by atoms with Crippen molar-refractivity contribution in [3.63, 3.8) is 0 Å². The van der Waals surface area contributed by atoms with Crippen LogP contribution in [0, 0.1) is 0 Å². The van der Waals surface area contributed by atoms with Gasteiger partial charge in [-0.05, 0) is 37.8 Å². The summed E-state index contributed by atoms with van der Waals surface area (Å²) in [5.41, 5.74) is 0.393. The first-order chi connectivity index (χ1) is 9.25. The standard InChI is InChI=1S/C16H23NO3/c1-11(2)13-6-8-14(9-7-13)16(5,15(19)20)17(10-18)12(3)4/h6-12H,1-5H3,(H,19,20). The first-order valence-electron chi connectivity index (χ1n) is 6.82. The van der Waals surface area contributed by atoms with E-state index < -0.39 is 11.5 Å². The van der Waals surface area contributed by atoms with E-state index in [0.717, 1.165) is 5.56 Å². The van der Waals surface area contributed by atoms with Crippen LogP contribution in [0.15, 0.2) is 24.3 Å². The number of carbonyl (C=O) groups excluding carboxylic acids is 1. The minimum Gasteiger partial charge on any atom is -0.479 e. The molecule has 0 bridgehead atoms. The van der Waals surface area contributed by atoms with E-state index in [-0.39, 0.29) is 6.04 Å². The summed E-state index contributed by atoms with van der Waals surface area (Å²) in [6.07, 6.45) is 0.606. The summed E-state index contributed by atoms with van der Waals surface area (Å²) in [6.45, 7) is 9.33. The number of aliphatic carboxylic acids is 1. The summed E-state index contributed by atoms with van der Waals surface area (Å²) in [5.74, 6) is -0.650. The quantitative estimate of drug-likeness (QED) is 0.813. The highest BCUT2D eigenvalue weighted by Gasteiger charge is 2.42. The number of carboxylic acid groups (broad SMARTS) is 1. The smallest absolute Gasteiger partial charge is 0.334 e. The van der Waals surface area contributed by atoms with Crippen molar-refractivity contribution in [3.8, 4) is 0 Å². The van der Waals surface area contributed by atoms with Gasteiger partial charge in [0.05, 0.1) is 0 Å². The number of rotatable bonds is 6. The maximum atomic E-state index is 11.7. The highest BCUT2D eigenvalue weighted by molar-refractivity contribution is 5.83. The first-order valence-corrected chi connectivity index (χ1v) is 6.82. The van der Waals surface area contributed by atoms with Crippen LogP contribution in [0.3, 0.4) is 0 Å². The third-order valence-corrected chi connectivity index (χ3v) is 3.74. The van der Waals surface area contributed by atoms with Crippen LogP contribution in [0.5, 0.6) is 0 Å². The van der Waals surface area contributed by atoms with Crippen LogP contribution in [-0.2, 0) is 15.1 Å². The molecule has 0 aliphatic carbocycles. The molecular weight excluding hydrogens is 254 g/mol. The van der Waals surface area contributed by atoms with E-state index in [1.807, 2.05) is 12.1 Å². The molecule has 0 heterocycles. The van der Waals surface area contributed by atoms with E-state index in [4.69, 9.17) is 0 Å². The second kappa shape index (κ2) is 6.07. The molecule has 110 valence electrons. The van der Waals surface area contributed by atoms with Crippen LogP contribution < -0.4 is 0 Å². The fraction of sp³-hybridized carbons (Fsp3) is 0.500. The molecule has 1 aromatic carbocycles. The molecule has 1 amide bonds. The Kier molecular flexibility index (Phi) is 4.93. The average Bonchev–Trinajstić information content (AvgIpc) is 2.38. The minimum atomic E-state index is -1.36. The van der Waals surface area contributed by atoms with Crippen molar-refractivity contribution in [2.24, 2.45) is 0 Å². The molecule has 1 atom stereocenters. The predicted octanol–water partition coefficient (Wildman–Crippen LogP) is 2.98. The van der Waals surface area contributed by atoms with Gasteiger partial charge in [0.25, 0.3) is 0 Å². The summed E-state index contributed by atoms with van der Waals surface area (Å²) in [7, 11) is 0. The molecule has 1 N–H and O–H groups in total. The number of amides is 1. The molecule has 1 aromatic rings. The molecule has 0 fully saturated rings. The lowest BCUT2D eigenvalue weighted by molar-refractivity contribution is -0.156. The van der Waals surface area contributed by atoms with Gasteiger partial charge in [-0.1, -0.05) is 38.1 Å². The third kappa shape index (κ3) is 2.84. The maximum absolute atomic E-state index is 11.7. The van der Waals surface area contributed by atoms with Crippen LogP contribution in [-0.4, -0.2) is 28.4 Å². The van der Waals surface area contributed by atoms with Crippen LogP contribution in [0.4, 0.5) is 0 Å². The van der Waals surface area contributed by atoms with Crippen LogP contribution in [0.1, 0.15) is 51.7 Å². The zero-order valence-corrected chi connectivity index (χ0v) is 12.8. The molecule has 1 unspecified atom stereocenters. The summed E-state index contributed by atoms with van der Waals surface area (Å²) in [5, 5.41) is 9.61. The maximum Gasteiger partial charge on any atom is 0.334 e. The van der Waals surface area contributed by atoms with Gasteiger partial charge < -0.3 is 10.0 Å². The van der Waals surface area contributed by atoms with Crippen molar-refractivity contribution in [1.82, 2.24) is 4.90 Å². The van der Waals surface area contributed by atoms with Gasteiger partial charge in [-0.2, -0.15) is 0 Å². The fourth-order valence-corrected chi connectivity index (χ4v) is 2.32. The SMILES string of the molecule is CC(C)c1ccc(C(C)(C(=O)O)N(C=O)C(C)C)cc1. The van der Waals surface area contributed by atoms with Crippen molar-refractivity contribution in [3.05, 3.63) is 35.4 Å². The topological polar surface area (TPSA) is 57.6 Å². The number of carboxylic acids is 1. The van der Waals surface area contributed by atoms with E-state index >= 15 is 0 Å². The monoisotopic (exact) mass is 277 g/mol. The van der Waals surface area contributed by atoms with Gasteiger partial charge in [0.1, 0.15) is 0 Å². The molecular formula is C16H23NO3. The second-order valence-corrected chi connectivity index (χ2v) is 5.76. The van der Waals surface area contributed by atoms with E-state index in [9.17, 15) is 14.7 Å². The molecule has 4 heteroatoms.